The molecule has 7 heteroatoms. The fourth-order valence-electron chi connectivity index (χ4n) is 6.75. The van der Waals surface area contributed by atoms with E-state index in [1.807, 2.05) is 0 Å². The molecule has 4 fully saturated rings. The molecule has 1 amide bonds. The average Bonchev–Trinajstić information content (AvgIpc) is 3.76. The van der Waals surface area contributed by atoms with Gasteiger partial charge in [-0.2, -0.15) is 0 Å². The Balaban J connectivity index is 1.27. The maximum absolute atomic E-state index is 13.0. The standard InChI is InChI=1S/C30H49NO6/c1-19(2)7-13-24-29(5,37-24)28-27(34-6)23(15-16-30(28)18-35-30)36-26(33)17-21-9-11-22(12-10-21)31-25(32)14-8-20(3)4/h7,20-24,27-28H,8-18H2,1-6H3,(H,31,32)/t21?,22?,23?,24-,27?,28?,29+,30+/m1/s1. The minimum atomic E-state index is -0.327. The first-order valence-corrected chi connectivity index (χ1v) is 14.5. The summed E-state index contributed by atoms with van der Waals surface area (Å²) in [5.74, 6) is 0.915. The number of methoxy groups -OCH3 is 1. The van der Waals surface area contributed by atoms with Gasteiger partial charge in [-0.1, -0.05) is 25.5 Å². The number of nitrogens with one attached hydrogen (secondary N) is 1. The third-order valence-electron chi connectivity index (χ3n) is 9.14. The molecule has 0 aromatic rings. The Morgan fingerprint density at radius 3 is 2.43 bits per heavy atom. The first-order chi connectivity index (χ1) is 17.6. The zero-order valence-electron chi connectivity index (χ0n) is 23.8. The Morgan fingerprint density at radius 1 is 1.14 bits per heavy atom. The summed E-state index contributed by atoms with van der Waals surface area (Å²) in [4.78, 5) is 25.2. The van der Waals surface area contributed by atoms with Crippen molar-refractivity contribution in [1.82, 2.24) is 5.32 Å². The molecule has 4 aliphatic rings. The second-order valence-electron chi connectivity index (χ2n) is 12.8. The van der Waals surface area contributed by atoms with Gasteiger partial charge in [0.2, 0.25) is 5.91 Å². The maximum atomic E-state index is 13.0. The van der Waals surface area contributed by atoms with Crippen LogP contribution in [0.25, 0.3) is 0 Å². The molecule has 7 nitrogen and oxygen atoms in total. The van der Waals surface area contributed by atoms with Gasteiger partial charge in [-0.25, -0.2) is 0 Å². The van der Waals surface area contributed by atoms with Crippen LogP contribution < -0.4 is 5.32 Å². The van der Waals surface area contributed by atoms with Gasteiger partial charge in [0.05, 0.1) is 18.6 Å². The Bertz CT molecular complexity index is 839. The number of hydrogen-bond acceptors (Lipinski definition) is 6. The van der Waals surface area contributed by atoms with Crippen molar-refractivity contribution in [3.8, 4) is 0 Å². The van der Waals surface area contributed by atoms with E-state index in [4.69, 9.17) is 18.9 Å². The van der Waals surface area contributed by atoms with Gasteiger partial charge in [0.15, 0.2) is 0 Å². The van der Waals surface area contributed by atoms with Gasteiger partial charge in [0, 0.05) is 26.0 Å². The Hall–Kier alpha value is -1.44. The van der Waals surface area contributed by atoms with E-state index in [1.165, 1.54) is 5.57 Å². The van der Waals surface area contributed by atoms with Gasteiger partial charge >= 0.3 is 5.97 Å². The van der Waals surface area contributed by atoms with Gasteiger partial charge < -0.3 is 24.3 Å². The van der Waals surface area contributed by atoms with Crippen LogP contribution in [0.2, 0.25) is 0 Å². The van der Waals surface area contributed by atoms with Crippen LogP contribution >= 0.6 is 0 Å². The highest BCUT2D eigenvalue weighted by atomic mass is 16.6. The third-order valence-corrected chi connectivity index (χ3v) is 9.14. The molecule has 0 aromatic carbocycles. The molecule has 2 aliphatic carbocycles. The highest BCUT2D eigenvalue weighted by molar-refractivity contribution is 5.76. The van der Waals surface area contributed by atoms with Crippen molar-refractivity contribution >= 4 is 11.9 Å². The largest absolute Gasteiger partial charge is 0.460 e. The molecule has 210 valence electrons. The van der Waals surface area contributed by atoms with Crippen molar-refractivity contribution < 1.29 is 28.5 Å². The molecule has 2 saturated heterocycles. The zero-order valence-corrected chi connectivity index (χ0v) is 23.8. The summed E-state index contributed by atoms with van der Waals surface area (Å²) < 4.78 is 24.4. The highest BCUT2D eigenvalue weighted by Gasteiger charge is 2.72. The lowest BCUT2D eigenvalue weighted by molar-refractivity contribution is -0.173. The van der Waals surface area contributed by atoms with E-state index in [9.17, 15) is 9.59 Å². The van der Waals surface area contributed by atoms with Crippen molar-refractivity contribution in [2.45, 2.75) is 134 Å². The topological polar surface area (TPSA) is 89.7 Å². The van der Waals surface area contributed by atoms with Gasteiger partial charge in [0.25, 0.3) is 0 Å². The van der Waals surface area contributed by atoms with Crippen LogP contribution in [0.5, 0.6) is 0 Å². The summed E-state index contributed by atoms with van der Waals surface area (Å²) in [5.41, 5.74) is 0.749. The molecule has 6 atom stereocenters. The van der Waals surface area contributed by atoms with Crippen molar-refractivity contribution in [3.05, 3.63) is 11.6 Å². The Morgan fingerprint density at radius 2 is 1.84 bits per heavy atom. The lowest BCUT2D eigenvalue weighted by Gasteiger charge is -2.42. The maximum Gasteiger partial charge on any atom is 0.306 e. The minimum absolute atomic E-state index is 0.0434. The van der Waals surface area contributed by atoms with E-state index in [-0.39, 0.29) is 53.4 Å². The lowest BCUT2D eigenvalue weighted by Crippen LogP contribution is -2.55. The van der Waals surface area contributed by atoms with Crippen LogP contribution in [0, 0.1) is 17.8 Å². The summed E-state index contributed by atoms with van der Waals surface area (Å²) in [5, 5.41) is 3.19. The first-order valence-electron chi connectivity index (χ1n) is 14.5. The molecule has 2 aliphatic heterocycles. The second-order valence-corrected chi connectivity index (χ2v) is 12.8. The van der Waals surface area contributed by atoms with E-state index < -0.39 is 0 Å². The zero-order chi connectivity index (χ0) is 26.8. The molecule has 1 spiro atoms. The van der Waals surface area contributed by atoms with Crippen LogP contribution in [0.3, 0.4) is 0 Å². The lowest BCUT2D eigenvalue weighted by atomic mass is 9.68. The molecular formula is C30H49NO6. The van der Waals surface area contributed by atoms with Crippen LogP contribution in [-0.2, 0) is 28.5 Å². The average molecular weight is 520 g/mol. The van der Waals surface area contributed by atoms with E-state index in [2.05, 4.69) is 46.0 Å². The van der Waals surface area contributed by atoms with Gasteiger partial charge in [0.1, 0.15) is 23.4 Å². The first kappa shape index (κ1) is 28.6. The SMILES string of the molecule is COC1C(OC(=O)CC2CCC(NC(=O)CCC(C)C)CC2)CC[C@]2(CO2)C1[C@@]1(C)O[C@@H]1CC=C(C)C. The van der Waals surface area contributed by atoms with Crippen LogP contribution in [-0.4, -0.2) is 61.1 Å². The Labute approximate surface area is 223 Å². The molecule has 0 radical (unpaired) electrons. The van der Waals surface area contributed by atoms with Crippen molar-refractivity contribution in [2.24, 2.45) is 17.8 Å². The van der Waals surface area contributed by atoms with Crippen molar-refractivity contribution in [2.75, 3.05) is 13.7 Å². The smallest absolute Gasteiger partial charge is 0.306 e. The number of ether oxygens (including phenoxy) is 4. The summed E-state index contributed by atoms with van der Waals surface area (Å²) >= 11 is 0. The monoisotopic (exact) mass is 519 g/mol. The summed E-state index contributed by atoms with van der Waals surface area (Å²) in [6.45, 7) is 11.4. The number of rotatable bonds is 11. The van der Waals surface area contributed by atoms with Crippen LogP contribution in [0.4, 0.5) is 0 Å². The van der Waals surface area contributed by atoms with E-state index in [1.54, 1.807) is 7.11 Å². The summed E-state index contributed by atoms with van der Waals surface area (Å²) in [7, 11) is 1.72. The number of amides is 1. The van der Waals surface area contributed by atoms with E-state index in [0.717, 1.165) is 58.0 Å². The predicted molar refractivity (Wildman–Crippen MR) is 142 cm³/mol. The van der Waals surface area contributed by atoms with Crippen molar-refractivity contribution in [3.63, 3.8) is 0 Å². The molecule has 2 heterocycles. The molecule has 0 bridgehead atoms. The number of carbonyl (C=O) groups is 2. The molecule has 4 rings (SSSR count). The molecule has 1 N–H and O–H groups in total. The second kappa shape index (κ2) is 11.7. The molecule has 3 unspecified atom stereocenters. The van der Waals surface area contributed by atoms with Crippen LogP contribution in [0.1, 0.15) is 98.8 Å². The van der Waals surface area contributed by atoms with E-state index >= 15 is 0 Å². The highest BCUT2D eigenvalue weighted by Crippen LogP contribution is 2.59. The van der Waals surface area contributed by atoms with Gasteiger partial charge in [-0.05, 0) is 84.0 Å². The number of carbonyl (C=O) groups excluding carboxylic acids is 2. The molecule has 0 aromatic heterocycles. The van der Waals surface area contributed by atoms with Crippen LogP contribution in [0.15, 0.2) is 11.6 Å². The number of epoxide rings is 2. The third kappa shape index (κ3) is 6.96. The number of allylic oxidation sites excluding steroid dienone is 1. The molecule has 37 heavy (non-hydrogen) atoms. The van der Waals surface area contributed by atoms with E-state index in [0.29, 0.717) is 24.7 Å². The molecular weight excluding hydrogens is 470 g/mol. The summed E-state index contributed by atoms with van der Waals surface area (Å²) in [6.07, 6.45) is 10.1. The van der Waals surface area contributed by atoms with Gasteiger partial charge in [-0.3, -0.25) is 9.59 Å². The summed E-state index contributed by atoms with van der Waals surface area (Å²) in [6, 6.07) is 0.234. The normalized spacial score (nSPS) is 38.8. The fourth-order valence-corrected chi connectivity index (χ4v) is 6.75. The van der Waals surface area contributed by atoms with Gasteiger partial charge in [-0.15, -0.1) is 0 Å². The Kier molecular flexibility index (Phi) is 9.07. The fraction of sp³-hybridized carbons (Fsp3) is 0.867. The van der Waals surface area contributed by atoms with Crippen molar-refractivity contribution in [1.29, 1.82) is 0 Å². The predicted octanol–water partition coefficient (Wildman–Crippen LogP) is 5.11. The minimum Gasteiger partial charge on any atom is -0.460 e. The quantitative estimate of drug-likeness (QED) is 0.232. The number of hydrogen-bond donors (Lipinski definition) is 1. The number of esters is 1. The molecule has 2 saturated carbocycles.